The summed E-state index contributed by atoms with van der Waals surface area (Å²) in [4.78, 5) is 1.57. The molecule has 0 fully saturated rings. The molecule has 1 aromatic carbocycles. The van der Waals surface area contributed by atoms with E-state index < -0.39 is 10.0 Å². The summed E-state index contributed by atoms with van der Waals surface area (Å²) in [5.41, 5.74) is 1.61. The van der Waals surface area contributed by atoms with E-state index in [2.05, 4.69) is 11.6 Å². The lowest BCUT2D eigenvalue weighted by molar-refractivity contribution is 0.285. The SMILES string of the molecule is CCCc1ccccc1NS(=O)(=O)c1cc(CO)sc1C. The van der Waals surface area contributed by atoms with Crippen molar-refractivity contribution in [2.24, 2.45) is 0 Å². The summed E-state index contributed by atoms with van der Waals surface area (Å²) >= 11 is 1.30. The first-order valence-electron chi connectivity index (χ1n) is 6.78. The maximum atomic E-state index is 12.5. The van der Waals surface area contributed by atoms with Crippen molar-refractivity contribution in [2.75, 3.05) is 4.72 Å². The van der Waals surface area contributed by atoms with Gasteiger partial charge in [0.2, 0.25) is 0 Å². The highest BCUT2D eigenvalue weighted by Gasteiger charge is 2.20. The molecule has 0 aliphatic heterocycles. The highest BCUT2D eigenvalue weighted by molar-refractivity contribution is 7.93. The Kier molecular flexibility index (Phi) is 5.03. The number of hydrogen-bond donors (Lipinski definition) is 2. The topological polar surface area (TPSA) is 66.4 Å². The van der Waals surface area contributed by atoms with Crippen molar-refractivity contribution in [3.63, 3.8) is 0 Å². The van der Waals surface area contributed by atoms with Gasteiger partial charge in [0.15, 0.2) is 0 Å². The molecule has 6 heteroatoms. The fourth-order valence-corrected chi connectivity index (χ4v) is 4.77. The Morgan fingerprint density at radius 3 is 2.62 bits per heavy atom. The number of aliphatic hydroxyl groups is 1. The fraction of sp³-hybridized carbons (Fsp3) is 0.333. The second-order valence-corrected chi connectivity index (χ2v) is 7.80. The zero-order valence-corrected chi connectivity index (χ0v) is 13.7. The van der Waals surface area contributed by atoms with E-state index >= 15 is 0 Å². The van der Waals surface area contributed by atoms with Crippen molar-refractivity contribution in [3.05, 3.63) is 45.6 Å². The number of aryl methyl sites for hydroxylation is 2. The van der Waals surface area contributed by atoms with Gasteiger partial charge < -0.3 is 5.11 Å². The maximum absolute atomic E-state index is 12.5. The van der Waals surface area contributed by atoms with Crippen molar-refractivity contribution in [1.29, 1.82) is 0 Å². The Balaban J connectivity index is 2.35. The summed E-state index contributed by atoms with van der Waals surface area (Å²) in [6.45, 7) is 3.66. The highest BCUT2D eigenvalue weighted by atomic mass is 32.2. The minimum Gasteiger partial charge on any atom is -0.391 e. The van der Waals surface area contributed by atoms with Gasteiger partial charge in [0.05, 0.1) is 12.3 Å². The Bertz CT molecular complexity index is 720. The van der Waals surface area contributed by atoms with Gasteiger partial charge >= 0.3 is 0 Å². The van der Waals surface area contributed by atoms with Gasteiger partial charge in [-0.15, -0.1) is 11.3 Å². The van der Waals surface area contributed by atoms with Crippen LogP contribution in [0.3, 0.4) is 0 Å². The van der Waals surface area contributed by atoms with Crippen LogP contribution in [0.15, 0.2) is 35.2 Å². The normalized spacial score (nSPS) is 11.6. The lowest BCUT2D eigenvalue weighted by Crippen LogP contribution is -2.14. The van der Waals surface area contributed by atoms with E-state index in [0.29, 0.717) is 15.4 Å². The predicted octanol–water partition coefficient (Wildman–Crippen LogP) is 3.30. The molecule has 0 saturated heterocycles. The molecule has 0 radical (unpaired) electrons. The zero-order valence-electron chi connectivity index (χ0n) is 12.1. The average Bonchev–Trinajstić information content (AvgIpc) is 2.83. The molecule has 1 aromatic heterocycles. The zero-order chi connectivity index (χ0) is 15.5. The number of rotatable bonds is 6. The second kappa shape index (κ2) is 6.60. The number of thiophene rings is 1. The molecule has 1 heterocycles. The number of benzene rings is 1. The van der Waals surface area contributed by atoms with Crippen LogP contribution >= 0.6 is 11.3 Å². The van der Waals surface area contributed by atoms with Crippen molar-refractivity contribution in [3.8, 4) is 0 Å². The first kappa shape index (κ1) is 16.0. The van der Waals surface area contributed by atoms with E-state index in [1.807, 2.05) is 18.2 Å². The van der Waals surface area contributed by atoms with Gasteiger partial charge in [0, 0.05) is 9.75 Å². The molecule has 114 valence electrons. The maximum Gasteiger partial charge on any atom is 0.263 e. The molecule has 2 rings (SSSR count). The number of nitrogens with one attached hydrogen (secondary N) is 1. The number of para-hydroxylation sites is 1. The molecule has 0 aliphatic carbocycles. The molecule has 0 atom stereocenters. The number of hydrogen-bond acceptors (Lipinski definition) is 4. The van der Waals surface area contributed by atoms with Crippen LogP contribution in [0, 0.1) is 6.92 Å². The molecule has 0 unspecified atom stereocenters. The first-order chi connectivity index (χ1) is 9.97. The highest BCUT2D eigenvalue weighted by Crippen LogP contribution is 2.28. The van der Waals surface area contributed by atoms with Crippen molar-refractivity contribution >= 4 is 27.0 Å². The lowest BCUT2D eigenvalue weighted by Gasteiger charge is -2.12. The third-order valence-electron chi connectivity index (χ3n) is 3.15. The monoisotopic (exact) mass is 325 g/mol. The van der Waals surface area contributed by atoms with Gasteiger partial charge in [-0.05, 0) is 31.0 Å². The van der Waals surface area contributed by atoms with Crippen molar-refractivity contribution < 1.29 is 13.5 Å². The summed E-state index contributed by atoms with van der Waals surface area (Å²) in [6.07, 6.45) is 1.77. The first-order valence-corrected chi connectivity index (χ1v) is 9.08. The van der Waals surface area contributed by atoms with Crippen LogP contribution in [0.1, 0.15) is 28.7 Å². The van der Waals surface area contributed by atoms with E-state index in [1.165, 1.54) is 17.4 Å². The second-order valence-electron chi connectivity index (χ2n) is 4.80. The Labute approximate surface area is 129 Å². The quantitative estimate of drug-likeness (QED) is 0.856. The standard InChI is InChI=1S/C15H19NO3S2/c1-3-6-12-7-4-5-8-14(12)16-21(18,19)15-9-13(10-17)20-11(15)2/h4-5,7-9,16-17H,3,6,10H2,1-2H3. The Hall–Kier alpha value is -1.37. The van der Waals surface area contributed by atoms with Gasteiger partial charge in [-0.2, -0.15) is 0 Å². The third-order valence-corrected chi connectivity index (χ3v) is 5.81. The molecular weight excluding hydrogens is 306 g/mol. The third kappa shape index (κ3) is 3.64. The molecule has 0 amide bonds. The molecule has 0 bridgehead atoms. The Morgan fingerprint density at radius 2 is 2.00 bits per heavy atom. The van der Waals surface area contributed by atoms with Crippen molar-refractivity contribution in [1.82, 2.24) is 0 Å². The number of sulfonamides is 1. The van der Waals surface area contributed by atoms with E-state index in [-0.39, 0.29) is 11.5 Å². The van der Waals surface area contributed by atoms with Gasteiger partial charge in [0.1, 0.15) is 4.90 Å². The van der Waals surface area contributed by atoms with Crippen molar-refractivity contribution in [2.45, 2.75) is 38.2 Å². The van der Waals surface area contributed by atoms with Crippen LogP contribution < -0.4 is 4.72 Å². The minimum absolute atomic E-state index is 0.145. The minimum atomic E-state index is -3.62. The molecule has 2 aromatic rings. The van der Waals surface area contributed by atoms with Gasteiger partial charge in [-0.25, -0.2) is 8.42 Å². The summed E-state index contributed by atoms with van der Waals surface area (Å²) < 4.78 is 27.7. The fourth-order valence-electron chi connectivity index (χ4n) is 2.18. The van der Waals surface area contributed by atoms with Crippen LogP contribution in [0.5, 0.6) is 0 Å². The molecule has 0 aliphatic rings. The van der Waals surface area contributed by atoms with Crippen LogP contribution in [0.4, 0.5) is 5.69 Å². The van der Waals surface area contributed by atoms with Gasteiger partial charge in [-0.1, -0.05) is 31.5 Å². The van der Waals surface area contributed by atoms with E-state index in [0.717, 1.165) is 18.4 Å². The Morgan fingerprint density at radius 1 is 1.29 bits per heavy atom. The lowest BCUT2D eigenvalue weighted by atomic mass is 10.1. The predicted molar refractivity (Wildman–Crippen MR) is 86.2 cm³/mol. The molecular formula is C15H19NO3S2. The molecule has 0 spiro atoms. The molecule has 0 saturated carbocycles. The number of aliphatic hydroxyl groups excluding tert-OH is 1. The summed E-state index contributed by atoms with van der Waals surface area (Å²) in [7, 11) is -3.62. The van der Waals surface area contributed by atoms with Crippen LogP contribution in [0.25, 0.3) is 0 Å². The van der Waals surface area contributed by atoms with Crippen LogP contribution in [-0.2, 0) is 23.1 Å². The molecule has 21 heavy (non-hydrogen) atoms. The van der Waals surface area contributed by atoms with E-state index in [9.17, 15) is 8.42 Å². The average molecular weight is 325 g/mol. The van der Waals surface area contributed by atoms with Gasteiger partial charge in [0.25, 0.3) is 10.0 Å². The summed E-state index contributed by atoms with van der Waals surface area (Å²) in [5, 5.41) is 9.14. The smallest absolute Gasteiger partial charge is 0.263 e. The molecule has 2 N–H and O–H groups in total. The van der Waals surface area contributed by atoms with E-state index in [4.69, 9.17) is 5.11 Å². The number of anilines is 1. The van der Waals surface area contributed by atoms with Crippen LogP contribution in [-0.4, -0.2) is 13.5 Å². The summed E-state index contributed by atoms with van der Waals surface area (Å²) in [5.74, 6) is 0. The van der Waals surface area contributed by atoms with Crippen LogP contribution in [0.2, 0.25) is 0 Å². The molecule has 4 nitrogen and oxygen atoms in total. The largest absolute Gasteiger partial charge is 0.391 e. The summed E-state index contributed by atoms with van der Waals surface area (Å²) in [6, 6.07) is 8.96. The van der Waals surface area contributed by atoms with E-state index in [1.54, 1.807) is 13.0 Å². The van der Waals surface area contributed by atoms with Gasteiger partial charge in [-0.3, -0.25) is 4.72 Å².